The molecule has 1 saturated heterocycles. The Morgan fingerprint density at radius 1 is 1.28 bits per heavy atom. The number of hydrogen-bond acceptors (Lipinski definition) is 6. The molecular weight excluding hydrogens is 318 g/mol. The van der Waals surface area contributed by atoms with Gasteiger partial charge in [0, 0.05) is 24.4 Å². The topological polar surface area (TPSA) is 82.6 Å². The van der Waals surface area contributed by atoms with E-state index in [1.54, 1.807) is 0 Å². The number of likely N-dealkylation sites (tertiary alicyclic amines) is 1. The molecule has 1 aromatic heterocycles. The minimum absolute atomic E-state index is 0.0549. The molecule has 25 heavy (non-hydrogen) atoms. The third-order valence-electron chi connectivity index (χ3n) is 5.01. The van der Waals surface area contributed by atoms with E-state index in [0.29, 0.717) is 37.7 Å². The molecule has 1 fully saturated rings. The summed E-state index contributed by atoms with van der Waals surface area (Å²) in [5, 5.41) is 28.9. The van der Waals surface area contributed by atoms with E-state index < -0.39 is 11.5 Å². The van der Waals surface area contributed by atoms with E-state index in [9.17, 15) is 10.2 Å². The SMILES string of the molecule is CC(C)c1nnc(CN2CC[C@H](O)[C@](CO)(Cc3ccccc3)C2)o1. The van der Waals surface area contributed by atoms with Gasteiger partial charge in [0.05, 0.1) is 19.3 Å². The number of piperidine rings is 1. The Morgan fingerprint density at radius 2 is 2.04 bits per heavy atom. The van der Waals surface area contributed by atoms with Crippen LogP contribution >= 0.6 is 0 Å². The van der Waals surface area contributed by atoms with Crippen molar-refractivity contribution in [1.29, 1.82) is 0 Å². The zero-order valence-corrected chi connectivity index (χ0v) is 14.9. The maximum Gasteiger partial charge on any atom is 0.230 e. The van der Waals surface area contributed by atoms with Crippen molar-refractivity contribution >= 4 is 0 Å². The van der Waals surface area contributed by atoms with Crippen molar-refractivity contribution < 1.29 is 14.6 Å². The average molecular weight is 345 g/mol. The van der Waals surface area contributed by atoms with Crippen LogP contribution in [0.2, 0.25) is 0 Å². The molecule has 6 nitrogen and oxygen atoms in total. The second kappa shape index (κ2) is 7.64. The highest BCUT2D eigenvalue weighted by atomic mass is 16.4. The van der Waals surface area contributed by atoms with Gasteiger partial charge in [-0.3, -0.25) is 4.90 Å². The molecule has 2 N–H and O–H groups in total. The lowest BCUT2D eigenvalue weighted by atomic mass is 9.73. The summed E-state index contributed by atoms with van der Waals surface area (Å²) in [6.07, 6.45) is 0.740. The first-order valence-corrected chi connectivity index (χ1v) is 8.90. The van der Waals surface area contributed by atoms with Crippen LogP contribution in [0, 0.1) is 5.41 Å². The van der Waals surface area contributed by atoms with Gasteiger partial charge in [0.1, 0.15) is 0 Å². The smallest absolute Gasteiger partial charge is 0.230 e. The number of rotatable bonds is 6. The van der Waals surface area contributed by atoms with Gasteiger partial charge in [-0.05, 0) is 18.4 Å². The average Bonchev–Trinajstić information content (AvgIpc) is 3.07. The van der Waals surface area contributed by atoms with E-state index >= 15 is 0 Å². The van der Waals surface area contributed by atoms with Crippen LogP contribution < -0.4 is 0 Å². The summed E-state index contributed by atoms with van der Waals surface area (Å²) in [6.45, 7) is 5.87. The maximum absolute atomic E-state index is 10.6. The Kier molecular flexibility index (Phi) is 5.51. The summed E-state index contributed by atoms with van der Waals surface area (Å²) in [7, 11) is 0. The van der Waals surface area contributed by atoms with Gasteiger partial charge in [-0.15, -0.1) is 10.2 Å². The van der Waals surface area contributed by atoms with Crippen LogP contribution in [0.4, 0.5) is 0 Å². The standard InChI is InChI=1S/C19H27N3O3/c1-14(2)18-21-20-17(25-18)11-22-9-8-16(24)19(12-22,13-23)10-15-6-4-3-5-7-15/h3-7,14,16,23-24H,8-13H2,1-2H3/t16-,19+/m0/s1. The lowest BCUT2D eigenvalue weighted by Crippen LogP contribution is -2.54. The number of benzene rings is 1. The van der Waals surface area contributed by atoms with Crippen LogP contribution in [-0.2, 0) is 13.0 Å². The van der Waals surface area contributed by atoms with E-state index in [1.165, 1.54) is 0 Å². The van der Waals surface area contributed by atoms with Crippen molar-refractivity contribution in [2.75, 3.05) is 19.7 Å². The second-order valence-electron chi connectivity index (χ2n) is 7.39. The molecule has 2 aromatic rings. The number of aliphatic hydroxyl groups is 2. The van der Waals surface area contributed by atoms with E-state index in [2.05, 4.69) is 15.1 Å². The van der Waals surface area contributed by atoms with E-state index in [0.717, 1.165) is 12.1 Å². The number of hydrogen-bond donors (Lipinski definition) is 2. The molecule has 1 aliphatic heterocycles. The molecule has 3 rings (SSSR count). The van der Waals surface area contributed by atoms with Gasteiger partial charge < -0.3 is 14.6 Å². The Bertz CT molecular complexity index is 674. The largest absolute Gasteiger partial charge is 0.424 e. The molecular formula is C19H27N3O3. The summed E-state index contributed by atoms with van der Waals surface area (Å²) >= 11 is 0. The predicted molar refractivity (Wildman–Crippen MR) is 94.0 cm³/mol. The highest BCUT2D eigenvalue weighted by Crippen LogP contribution is 2.34. The Hall–Kier alpha value is -1.76. The molecule has 1 aromatic carbocycles. The van der Waals surface area contributed by atoms with Crippen LogP contribution in [0.25, 0.3) is 0 Å². The Morgan fingerprint density at radius 3 is 2.68 bits per heavy atom. The van der Waals surface area contributed by atoms with Crippen LogP contribution in [0.5, 0.6) is 0 Å². The molecule has 0 unspecified atom stereocenters. The lowest BCUT2D eigenvalue weighted by molar-refractivity contribution is -0.0782. The molecule has 0 spiro atoms. The van der Waals surface area contributed by atoms with Gasteiger partial charge in [-0.1, -0.05) is 44.2 Å². The number of aromatic nitrogens is 2. The van der Waals surface area contributed by atoms with Gasteiger partial charge in [0.25, 0.3) is 0 Å². The third kappa shape index (κ3) is 4.08. The van der Waals surface area contributed by atoms with Crippen LogP contribution in [0.3, 0.4) is 0 Å². The quantitative estimate of drug-likeness (QED) is 0.833. The minimum atomic E-state index is -0.569. The number of nitrogens with zero attached hydrogens (tertiary/aromatic N) is 3. The lowest BCUT2D eigenvalue weighted by Gasteiger charge is -2.45. The molecule has 0 saturated carbocycles. The van der Waals surface area contributed by atoms with E-state index in [-0.39, 0.29) is 12.5 Å². The molecule has 2 atom stereocenters. The monoisotopic (exact) mass is 345 g/mol. The van der Waals surface area contributed by atoms with Gasteiger partial charge in [0.15, 0.2) is 0 Å². The van der Waals surface area contributed by atoms with Crippen molar-refractivity contribution in [3.63, 3.8) is 0 Å². The van der Waals surface area contributed by atoms with E-state index in [4.69, 9.17) is 4.42 Å². The fraction of sp³-hybridized carbons (Fsp3) is 0.579. The van der Waals surface area contributed by atoms with Gasteiger partial charge in [0.2, 0.25) is 11.8 Å². The van der Waals surface area contributed by atoms with Gasteiger partial charge in [-0.25, -0.2) is 0 Å². The van der Waals surface area contributed by atoms with Crippen molar-refractivity contribution in [1.82, 2.24) is 15.1 Å². The predicted octanol–water partition coefficient (Wildman–Crippen LogP) is 1.98. The summed E-state index contributed by atoms with van der Waals surface area (Å²) in [6, 6.07) is 10.0. The Labute approximate surface area is 148 Å². The summed E-state index contributed by atoms with van der Waals surface area (Å²) in [4.78, 5) is 2.18. The first kappa shape index (κ1) is 18.0. The molecule has 0 radical (unpaired) electrons. The zero-order chi connectivity index (χ0) is 17.9. The highest BCUT2D eigenvalue weighted by Gasteiger charge is 2.42. The fourth-order valence-electron chi connectivity index (χ4n) is 3.52. The molecule has 0 bridgehead atoms. The molecule has 1 aliphatic rings. The van der Waals surface area contributed by atoms with Crippen molar-refractivity contribution in [2.24, 2.45) is 5.41 Å². The first-order valence-electron chi connectivity index (χ1n) is 8.90. The molecule has 0 aliphatic carbocycles. The first-order chi connectivity index (χ1) is 12.0. The molecule has 6 heteroatoms. The zero-order valence-electron chi connectivity index (χ0n) is 14.9. The summed E-state index contributed by atoms with van der Waals surface area (Å²) < 4.78 is 5.71. The summed E-state index contributed by atoms with van der Waals surface area (Å²) in [5.41, 5.74) is 0.554. The third-order valence-corrected chi connectivity index (χ3v) is 5.01. The Balaban J connectivity index is 1.72. The van der Waals surface area contributed by atoms with Crippen molar-refractivity contribution in [2.45, 2.75) is 45.3 Å². The second-order valence-corrected chi connectivity index (χ2v) is 7.39. The molecule has 136 valence electrons. The van der Waals surface area contributed by atoms with Crippen LogP contribution in [0.15, 0.2) is 34.7 Å². The molecule has 2 heterocycles. The fourth-order valence-corrected chi connectivity index (χ4v) is 3.52. The van der Waals surface area contributed by atoms with Gasteiger partial charge in [-0.2, -0.15) is 0 Å². The van der Waals surface area contributed by atoms with Crippen molar-refractivity contribution in [3.05, 3.63) is 47.7 Å². The van der Waals surface area contributed by atoms with Crippen LogP contribution in [-0.4, -0.2) is 51.1 Å². The number of aliphatic hydroxyl groups excluding tert-OH is 2. The summed E-state index contributed by atoms with van der Waals surface area (Å²) in [5.74, 6) is 1.44. The molecule has 0 amide bonds. The normalized spacial score (nSPS) is 24.8. The highest BCUT2D eigenvalue weighted by molar-refractivity contribution is 5.18. The van der Waals surface area contributed by atoms with Crippen molar-refractivity contribution in [3.8, 4) is 0 Å². The maximum atomic E-state index is 10.6. The van der Waals surface area contributed by atoms with Gasteiger partial charge >= 0.3 is 0 Å². The van der Waals surface area contributed by atoms with E-state index in [1.807, 2.05) is 44.2 Å². The van der Waals surface area contributed by atoms with Crippen LogP contribution in [0.1, 0.15) is 43.5 Å². The minimum Gasteiger partial charge on any atom is -0.424 e.